The van der Waals surface area contributed by atoms with Crippen molar-refractivity contribution in [2.45, 2.75) is 18.0 Å². The second-order valence-electron chi connectivity index (χ2n) is 5.90. The standard InChI is InChI=1S/C18H18N2O3S/c1-24(22,23)20-16(11-19)18(17(20)12-21)15-10-6-5-9-14(15)13-7-3-2-4-8-13/h2-10,16-18,21H,12H2,1H3/t16-,17+,18+/m1/s1. The summed E-state index contributed by atoms with van der Waals surface area (Å²) in [5.41, 5.74) is 2.84. The topological polar surface area (TPSA) is 81.4 Å². The van der Waals surface area contributed by atoms with E-state index in [2.05, 4.69) is 6.07 Å². The molecule has 1 N–H and O–H groups in total. The Balaban J connectivity index is 2.09. The van der Waals surface area contributed by atoms with E-state index in [0.29, 0.717) is 0 Å². The van der Waals surface area contributed by atoms with Crippen LogP contribution in [-0.2, 0) is 10.0 Å². The van der Waals surface area contributed by atoms with Gasteiger partial charge in [0, 0.05) is 5.92 Å². The van der Waals surface area contributed by atoms with Crippen LogP contribution in [0.4, 0.5) is 0 Å². The first kappa shape index (κ1) is 16.7. The number of aliphatic hydroxyl groups is 1. The summed E-state index contributed by atoms with van der Waals surface area (Å²) in [5, 5.41) is 19.2. The van der Waals surface area contributed by atoms with Gasteiger partial charge in [0.25, 0.3) is 0 Å². The van der Waals surface area contributed by atoms with E-state index in [1.165, 1.54) is 0 Å². The van der Waals surface area contributed by atoms with E-state index in [9.17, 15) is 18.8 Å². The molecule has 124 valence electrons. The largest absolute Gasteiger partial charge is 0.395 e. The summed E-state index contributed by atoms with van der Waals surface area (Å²) in [5.74, 6) is -0.355. The first-order chi connectivity index (χ1) is 11.5. The monoisotopic (exact) mass is 342 g/mol. The molecule has 0 saturated carbocycles. The molecule has 3 atom stereocenters. The zero-order chi connectivity index (χ0) is 17.3. The first-order valence-corrected chi connectivity index (χ1v) is 9.47. The minimum atomic E-state index is -3.56. The lowest BCUT2D eigenvalue weighted by Crippen LogP contribution is -2.64. The highest BCUT2D eigenvalue weighted by atomic mass is 32.2. The van der Waals surface area contributed by atoms with Gasteiger partial charge in [-0.3, -0.25) is 0 Å². The third-order valence-electron chi connectivity index (χ3n) is 4.46. The lowest BCUT2D eigenvalue weighted by Gasteiger charge is -2.50. The van der Waals surface area contributed by atoms with Gasteiger partial charge in [0.1, 0.15) is 6.04 Å². The highest BCUT2D eigenvalue weighted by Crippen LogP contribution is 2.45. The van der Waals surface area contributed by atoms with Crippen LogP contribution < -0.4 is 0 Å². The van der Waals surface area contributed by atoms with Crippen LogP contribution in [0.15, 0.2) is 54.6 Å². The Labute approximate surface area is 141 Å². The van der Waals surface area contributed by atoms with E-state index >= 15 is 0 Å². The van der Waals surface area contributed by atoms with Crippen molar-refractivity contribution < 1.29 is 13.5 Å². The van der Waals surface area contributed by atoms with E-state index in [-0.39, 0.29) is 12.5 Å². The van der Waals surface area contributed by atoms with Crippen LogP contribution in [0.2, 0.25) is 0 Å². The summed E-state index contributed by atoms with van der Waals surface area (Å²) in [6, 6.07) is 18.0. The van der Waals surface area contributed by atoms with Gasteiger partial charge < -0.3 is 5.11 Å². The molecule has 2 aromatic rings. The summed E-state index contributed by atoms with van der Waals surface area (Å²) in [7, 11) is -3.56. The molecular weight excluding hydrogens is 324 g/mol. The zero-order valence-corrected chi connectivity index (χ0v) is 14.0. The second-order valence-corrected chi connectivity index (χ2v) is 7.78. The van der Waals surface area contributed by atoms with Crippen molar-refractivity contribution >= 4 is 10.0 Å². The van der Waals surface area contributed by atoms with E-state index in [4.69, 9.17) is 0 Å². The van der Waals surface area contributed by atoms with Crippen LogP contribution >= 0.6 is 0 Å². The van der Waals surface area contributed by atoms with Gasteiger partial charge in [-0.2, -0.15) is 9.57 Å². The highest BCUT2D eigenvalue weighted by molar-refractivity contribution is 7.88. The van der Waals surface area contributed by atoms with Crippen LogP contribution in [0.3, 0.4) is 0 Å². The molecular formula is C18H18N2O3S. The lowest BCUT2D eigenvalue weighted by atomic mass is 9.75. The number of nitrogens with zero attached hydrogens (tertiary/aromatic N) is 2. The average molecular weight is 342 g/mol. The van der Waals surface area contributed by atoms with E-state index in [1.807, 2.05) is 54.6 Å². The Hall–Kier alpha value is -2.20. The summed E-state index contributed by atoms with van der Waals surface area (Å²) < 4.78 is 25.0. The number of hydrogen-bond donors (Lipinski definition) is 1. The van der Waals surface area contributed by atoms with Crippen molar-refractivity contribution in [2.75, 3.05) is 12.9 Å². The lowest BCUT2D eigenvalue weighted by molar-refractivity contribution is 0.0566. The van der Waals surface area contributed by atoms with Crippen LogP contribution in [0.5, 0.6) is 0 Å². The van der Waals surface area contributed by atoms with Gasteiger partial charge in [0.15, 0.2) is 0 Å². The molecule has 1 saturated heterocycles. The van der Waals surface area contributed by atoms with Gasteiger partial charge in [0.05, 0.1) is 25.0 Å². The van der Waals surface area contributed by atoms with Crippen molar-refractivity contribution in [2.24, 2.45) is 0 Å². The summed E-state index contributed by atoms with van der Waals surface area (Å²) in [4.78, 5) is 0. The maximum atomic E-state index is 11.9. The maximum absolute atomic E-state index is 11.9. The van der Waals surface area contributed by atoms with Gasteiger partial charge in [-0.15, -0.1) is 0 Å². The molecule has 2 aromatic carbocycles. The molecule has 0 radical (unpaired) electrons. The molecule has 0 amide bonds. The Kier molecular flexibility index (Phi) is 4.41. The minimum Gasteiger partial charge on any atom is -0.395 e. The van der Waals surface area contributed by atoms with Gasteiger partial charge in [-0.05, 0) is 16.7 Å². The molecule has 0 spiro atoms. The fraction of sp³-hybridized carbons (Fsp3) is 0.278. The van der Waals surface area contributed by atoms with Gasteiger partial charge in [0.2, 0.25) is 10.0 Å². The molecule has 0 aliphatic carbocycles. The number of hydrogen-bond acceptors (Lipinski definition) is 4. The van der Waals surface area contributed by atoms with Gasteiger partial charge in [-0.1, -0.05) is 54.6 Å². The third-order valence-corrected chi connectivity index (χ3v) is 5.73. The number of sulfonamides is 1. The third kappa shape index (κ3) is 2.71. The summed E-state index contributed by atoms with van der Waals surface area (Å²) in [6.45, 7) is -0.320. The molecule has 0 unspecified atom stereocenters. The Bertz CT molecular complexity index is 875. The Morgan fingerprint density at radius 2 is 1.75 bits per heavy atom. The smallest absolute Gasteiger partial charge is 0.212 e. The fourth-order valence-electron chi connectivity index (χ4n) is 3.46. The van der Waals surface area contributed by atoms with Crippen LogP contribution in [0.1, 0.15) is 11.5 Å². The van der Waals surface area contributed by atoms with Crippen LogP contribution in [0, 0.1) is 11.3 Å². The van der Waals surface area contributed by atoms with Crippen molar-refractivity contribution in [3.63, 3.8) is 0 Å². The van der Waals surface area contributed by atoms with Crippen molar-refractivity contribution in [1.82, 2.24) is 4.31 Å². The predicted molar refractivity (Wildman–Crippen MR) is 91.6 cm³/mol. The van der Waals surface area contributed by atoms with E-state index in [0.717, 1.165) is 27.3 Å². The maximum Gasteiger partial charge on any atom is 0.212 e. The number of nitriles is 1. The highest BCUT2D eigenvalue weighted by Gasteiger charge is 2.54. The first-order valence-electron chi connectivity index (χ1n) is 7.62. The molecule has 3 rings (SSSR count). The average Bonchev–Trinajstić information content (AvgIpc) is 2.55. The van der Waals surface area contributed by atoms with Crippen LogP contribution in [0.25, 0.3) is 11.1 Å². The van der Waals surface area contributed by atoms with Crippen molar-refractivity contribution in [3.8, 4) is 17.2 Å². The molecule has 24 heavy (non-hydrogen) atoms. The quantitative estimate of drug-likeness (QED) is 0.921. The number of benzene rings is 2. The predicted octanol–water partition coefficient (Wildman–Crippen LogP) is 1.97. The van der Waals surface area contributed by atoms with Crippen molar-refractivity contribution in [1.29, 1.82) is 5.26 Å². The number of rotatable bonds is 4. The van der Waals surface area contributed by atoms with E-state index < -0.39 is 22.1 Å². The fourth-order valence-corrected chi connectivity index (χ4v) is 4.74. The number of aliphatic hydroxyl groups excluding tert-OH is 1. The summed E-state index contributed by atoms with van der Waals surface area (Å²) in [6.07, 6.45) is 1.07. The molecule has 1 aliphatic rings. The van der Waals surface area contributed by atoms with Gasteiger partial charge in [-0.25, -0.2) is 8.42 Å². The molecule has 0 aromatic heterocycles. The zero-order valence-electron chi connectivity index (χ0n) is 13.2. The molecule has 1 aliphatic heterocycles. The Morgan fingerprint density at radius 1 is 1.12 bits per heavy atom. The summed E-state index contributed by atoms with van der Waals surface area (Å²) >= 11 is 0. The molecule has 5 nitrogen and oxygen atoms in total. The van der Waals surface area contributed by atoms with Crippen LogP contribution in [-0.4, -0.2) is 42.8 Å². The molecule has 1 fully saturated rings. The Morgan fingerprint density at radius 3 is 2.33 bits per heavy atom. The molecule has 6 heteroatoms. The second kappa shape index (κ2) is 6.36. The normalized spacial score (nSPS) is 24.1. The molecule has 0 bridgehead atoms. The SMILES string of the molecule is CS(=O)(=O)N1[C@H](C#N)[C@H](c2ccccc2-c2ccccc2)[C@@H]1CO. The van der Waals surface area contributed by atoms with Crippen molar-refractivity contribution in [3.05, 3.63) is 60.2 Å². The van der Waals surface area contributed by atoms with Gasteiger partial charge >= 0.3 is 0 Å². The van der Waals surface area contributed by atoms with E-state index in [1.54, 1.807) is 0 Å². The molecule has 1 heterocycles. The minimum absolute atomic E-state index is 0.320.